The third kappa shape index (κ3) is 3.90. The van der Waals surface area contributed by atoms with E-state index in [-0.39, 0.29) is 5.69 Å². The molecule has 1 saturated carbocycles. The molecule has 2 fully saturated rings. The SMILES string of the molecule is C=CCOC1CCC(N2CCC(n3c(=O)[nH]c4ccc(C)cc43)CC2)CC1. The number of benzene rings is 1. The molecular formula is C22H31N3O2. The number of piperidine rings is 1. The van der Waals surface area contributed by atoms with E-state index in [1.54, 1.807) is 0 Å². The zero-order chi connectivity index (χ0) is 18.8. The van der Waals surface area contributed by atoms with Gasteiger partial charge >= 0.3 is 5.69 Å². The number of aromatic amines is 1. The minimum Gasteiger partial charge on any atom is -0.374 e. The first-order chi connectivity index (χ1) is 13.2. The van der Waals surface area contributed by atoms with Crippen molar-refractivity contribution in [1.29, 1.82) is 0 Å². The molecule has 1 N–H and O–H groups in total. The van der Waals surface area contributed by atoms with Crippen LogP contribution in [0.4, 0.5) is 0 Å². The molecule has 0 unspecified atom stereocenters. The summed E-state index contributed by atoms with van der Waals surface area (Å²) >= 11 is 0. The minimum atomic E-state index is 0.0360. The molecule has 5 heteroatoms. The van der Waals surface area contributed by atoms with Crippen molar-refractivity contribution >= 4 is 11.0 Å². The second kappa shape index (κ2) is 8.03. The molecule has 1 aliphatic heterocycles. The quantitative estimate of drug-likeness (QED) is 0.816. The van der Waals surface area contributed by atoms with Crippen LogP contribution < -0.4 is 5.69 Å². The Hall–Kier alpha value is -1.85. The number of rotatable bonds is 5. The summed E-state index contributed by atoms with van der Waals surface area (Å²) in [5.74, 6) is 0. The second-order valence-electron chi connectivity index (χ2n) is 8.14. The van der Waals surface area contributed by atoms with Crippen molar-refractivity contribution in [2.75, 3.05) is 19.7 Å². The number of aromatic nitrogens is 2. The fourth-order valence-corrected chi connectivity index (χ4v) is 4.88. The Morgan fingerprint density at radius 3 is 2.59 bits per heavy atom. The Bertz CT molecular complexity index is 837. The van der Waals surface area contributed by atoms with Gasteiger partial charge < -0.3 is 14.6 Å². The van der Waals surface area contributed by atoms with Crippen molar-refractivity contribution in [3.05, 3.63) is 46.9 Å². The molecule has 27 heavy (non-hydrogen) atoms. The first-order valence-corrected chi connectivity index (χ1v) is 10.3. The van der Waals surface area contributed by atoms with Crippen LogP contribution in [0.5, 0.6) is 0 Å². The summed E-state index contributed by atoms with van der Waals surface area (Å²) in [6.45, 7) is 8.64. The molecule has 0 amide bonds. The first kappa shape index (κ1) is 18.5. The monoisotopic (exact) mass is 369 g/mol. The molecule has 0 atom stereocenters. The maximum atomic E-state index is 12.5. The lowest BCUT2D eigenvalue weighted by Crippen LogP contribution is -2.45. The lowest BCUT2D eigenvalue weighted by molar-refractivity contribution is 0.0146. The van der Waals surface area contributed by atoms with Crippen molar-refractivity contribution in [3.8, 4) is 0 Å². The number of imidazole rings is 1. The molecule has 1 aromatic heterocycles. The highest BCUT2D eigenvalue weighted by Gasteiger charge is 2.30. The summed E-state index contributed by atoms with van der Waals surface area (Å²) in [6.07, 6.45) is 9.09. The van der Waals surface area contributed by atoms with Crippen molar-refractivity contribution in [3.63, 3.8) is 0 Å². The fourth-order valence-electron chi connectivity index (χ4n) is 4.88. The van der Waals surface area contributed by atoms with Gasteiger partial charge in [-0.15, -0.1) is 6.58 Å². The highest BCUT2D eigenvalue weighted by Crippen LogP contribution is 2.31. The summed E-state index contributed by atoms with van der Waals surface area (Å²) in [5.41, 5.74) is 3.24. The molecule has 1 aliphatic carbocycles. The predicted molar refractivity (Wildman–Crippen MR) is 109 cm³/mol. The number of likely N-dealkylation sites (tertiary alicyclic amines) is 1. The van der Waals surface area contributed by atoms with E-state index >= 15 is 0 Å². The zero-order valence-electron chi connectivity index (χ0n) is 16.3. The van der Waals surface area contributed by atoms with Crippen molar-refractivity contribution in [2.24, 2.45) is 0 Å². The largest absolute Gasteiger partial charge is 0.374 e. The van der Waals surface area contributed by atoms with Gasteiger partial charge in [-0.1, -0.05) is 12.1 Å². The van der Waals surface area contributed by atoms with Crippen molar-refractivity contribution in [2.45, 2.75) is 63.6 Å². The van der Waals surface area contributed by atoms with Crippen LogP contribution >= 0.6 is 0 Å². The number of hydrogen-bond acceptors (Lipinski definition) is 3. The maximum Gasteiger partial charge on any atom is 0.326 e. The number of hydrogen-bond donors (Lipinski definition) is 1. The molecule has 146 valence electrons. The van der Waals surface area contributed by atoms with Crippen LogP contribution in [0.15, 0.2) is 35.6 Å². The zero-order valence-corrected chi connectivity index (χ0v) is 16.3. The van der Waals surface area contributed by atoms with Gasteiger partial charge in [0.15, 0.2) is 0 Å². The van der Waals surface area contributed by atoms with E-state index in [9.17, 15) is 4.79 Å². The standard InChI is InChI=1S/C22H31N3O2/c1-3-14-27-19-7-5-17(6-8-19)24-12-10-18(11-13-24)25-21-15-16(2)4-9-20(21)23-22(25)26/h3-4,9,15,17-19H,1,5-8,10-14H2,2H3,(H,23,26). The van der Waals surface area contributed by atoms with E-state index in [0.29, 0.717) is 24.8 Å². The third-order valence-corrected chi connectivity index (χ3v) is 6.35. The number of nitrogens with one attached hydrogen (secondary N) is 1. The molecule has 2 heterocycles. The van der Waals surface area contributed by atoms with Crippen LogP contribution in [-0.4, -0.2) is 46.3 Å². The summed E-state index contributed by atoms with van der Waals surface area (Å²) in [5, 5.41) is 0. The highest BCUT2D eigenvalue weighted by atomic mass is 16.5. The van der Waals surface area contributed by atoms with E-state index in [1.807, 2.05) is 16.7 Å². The average molecular weight is 370 g/mol. The Balaban J connectivity index is 1.37. The second-order valence-corrected chi connectivity index (χ2v) is 8.14. The average Bonchev–Trinajstić information content (AvgIpc) is 3.02. The summed E-state index contributed by atoms with van der Waals surface area (Å²) in [7, 11) is 0. The Morgan fingerprint density at radius 2 is 1.89 bits per heavy atom. The lowest BCUT2D eigenvalue weighted by atomic mass is 9.90. The molecule has 4 rings (SSSR count). The van der Waals surface area contributed by atoms with Crippen LogP contribution in [0.3, 0.4) is 0 Å². The molecule has 1 aromatic carbocycles. The van der Waals surface area contributed by atoms with Gasteiger partial charge in [-0.25, -0.2) is 4.79 Å². The van der Waals surface area contributed by atoms with Crippen LogP contribution in [0.2, 0.25) is 0 Å². The molecule has 0 spiro atoms. The van der Waals surface area contributed by atoms with Gasteiger partial charge in [0.05, 0.1) is 23.7 Å². The van der Waals surface area contributed by atoms with E-state index in [4.69, 9.17) is 4.74 Å². The topological polar surface area (TPSA) is 50.3 Å². The normalized spacial score (nSPS) is 25.1. The van der Waals surface area contributed by atoms with Gasteiger partial charge in [-0.3, -0.25) is 4.57 Å². The van der Waals surface area contributed by atoms with Gasteiger partial charge in [-0.05, 0) is 63.1 Å². The molecule has 2 aromatic rings. The Morgan fingerprint density at radius 1 is 1.15 bits per heavy atom. The van der Waals surface area contributed by atoms with E-state index < -0.39 is 0 Å². The molecule has 5 nitrogen and oxygen atoms in total. The van der Waals surface area contributed by atoms with Crippen LogP contribution in [-0.2, 0) is 4.74 Å². The third-order valence-electron chi connectivity index (χ3n) is 6.35. The van der Waals surface area contributed by atoms with E-state index in [0.717, 1.165) is 49.8 Å². The number of aryl methyl sites for hydroxylation is 1. The predicted octanol–water partition coefficient (Wildman–Crippen LogP) is 3.79. The minimum absolute atomic E-state index is 0.0360. The maximum absolute atomic E-state index is 12.5. The van der Waals surface area contributed by atoms with Gasteiger partial charge in [0, 0.05) is 25.2 Å². The van der Waals surface area contributed by atoms with Gasteiger partial charge in [0.1, 0.15) is 0 Å². The Kier molecular flexibility index (Phi) is 5.50. The van der Waals surface area contributed by atoms with Crippen molar-refractivity contribution < 1.29 is 4.74 Å². The summed E-state index contributed by atoms with van der Waals surface area (Å²) < 4.78 is 7.82. The van der Waals surface area contributed by atoms with E-state index in [2.05, 4.69) is 35.5 Å². The molecule has 2 aliphatic rings. The smallest absolute Gasteiger partial charge is 0.326 e. The number of H-pyrrole nitrogens is 1. The number of nitrogens with zero attached hydrogens (tertiary/aromatic N) is 2. The van der Waals surface area contributed by atoms with E-state index in [1.165, 1.54) is 18.4 Å². The van der Waals surface area contributed by atoms with Gasteiger partial charge in [0.2, 0.25) is 0 Å². The Labute approximate surface area is 161 Å². The molecule has 1 saturated heterocycles. The summed E-state index contributed by atoms with van der Waals surface area (Å²) in [6, 6.07) is 7.18. The highest BCUT2D eigenvalue weighted by molar-refractivity contribution is 5.76. The first-order valence-electron chi connectivity index (χ1n) is 10.3. The molecular weight excluding hydrogens is 338 g/mol. The van der Waals surface area contributed by atoms with Crippen LogP contribution in [0, 0.1) is 6.92 Å². The number of ether oxygens (including phenoxy) is 1. The molecule has 0 bridgehead atoms. The van der Waals surface area contributed by atoms with Crippen LogP contribution in [0.25, 0.3) is 11.0 Å². The lowest BCUT2D eigenvalue weighted by Gasteiger charge is -2.41. The fraction of sp³-hybridized carbons (Fsp3) is 0.591. The van der Waals surface area contributed by atoms with Crippen LogP contribution in [0.1, 0.15) is 50.1 Å². The number of fused-ring (bicyclic) bond motifs is 1. The van der Waals surface area contributed by atoms with Crippen molar-refractivity contribution in [1.82, 2.24) is 14.5 Å². The van der Waals surface area contributed by atoms with Gasteiger partial charge in [0.25, 0.3) is 0 Å². The molecule has 0 radical (unpaired) electrons. The summed E-state index contributed by atoms with van der Waals surface area (Å²) in [4.78, 5) is 18.2. The van der Waals surface area contributed by atoms with Gasteiger partial charge in [-0.2, -0.15) is 0 Å².